The summed E-state index contributed by atoms with van der Waals surface area (Å²) in [4.78, 5) is 15.1. The lowest BCUT2D eigenvalue weighted by Crippen LogP contribution is -2.31. The van der Waals surface area contributed by atoms with E-state index in [0.29, 0.717) is 18.8 Å². The Labute approximate surface area is 199 Å². The van der Waals surface area contributed by atoms with Gasteiger partial charge in [0.1, 0.15) is 0 Å². The summed E-state index contributed by atoms with van der Waals surface area (Å²) in [5.74, 6) is -0.340. The average molecular weight is 456 g/mol. The van der Waals surface area contributed by atoms with Crippen LogP contribution in [-0.4, -0.2) is 44.0 Å². The minimum absolute atomic E-state index is 0.337. The molecule has 5 rings (SSSR count). The fraction of sp³-hybridized carbons (Fsp3) is 0.296. The summed E-state index contributed by atoms with van der Waals surface area (Å²) < 4.78 is 7.35. The lowest BCUT2D eigenvalue weighted by molar-refractivity contribution is 0.0515. The summed E-state index contributed by atoms with van der Waals surface area (Å²) in [5.41, 5.74) is 7.14. The van der Waals surface area contributed by atoms with E-state index in [2.05, 4.69) is 51.5 Å². The number of carbonyl (C=O) groups is 1. The van der Waals surface area contributed by atoms with E-state index in [4.69, 9.17) is 9.84 Å². The van der Waals surface area contributed by atoms with Crippen LogP contribution in [0.15, 0.2) is 66.9 Å². The van der Waals surface area contributed by atoms with Crippen LogP contribution >= 0.6 is 0 Å². The van der Waals surface area contributed by atoms with Crippen molar-refractivity contribution >= 4 is 5.97 Å². The fourth-order valence-corrected chi connectivity index (χ4v) is 4.64. The molecule has 0 bridgehead atoms. The first-order chi connectivity index (χ1) is 16.7. The summed E-state index contributed by atoms with van der Waals surface area (Å²) in [6, 6.07) is 20.6. The molecule has 0 atom stereocenters. The summed E-state index contributed by atoms with van der Waals surface area (Å²) in [5, 5.41) is 12.2. The molecule has 0 spiro atoms. The van der Waals surface area contributed by atoms with Crippen LogP contribution in [0.5, 0.6) is 0 Å². The Bertz CT molecular complexity index is 1250. The van der Waals surface area contributed by atoms with Crippen molar-refractivity contribution in [2.75, 3.05) is 13.2 Å². The molecule has 1 N–H and O–H groups in total. The fourth-order valence-electron chi connectivity index (χ4n) is 4.64. The first-order valence-corrected chi connectivity index (χ1v) is 11.8. The van der Waals surface area contributed by atoms with Gasteiger partial charge in [-0.15, -0.1) is 0 Å². The second-order valence-corrected chi connectivity index (χ2v) is 8.55. The minimum Gasteiger partial charge on any atom is -0.461 e. The predicted molar refractivity (Wildman–Crippen MR) is 130 cm³/mol. The van der Waals surface area contributed by atoms with Gasteiger partial charge in [-0.05, 0) is 24.5 Å². The molecule has 34 heavy (non-hydrogen) atoms. The van der Waals surface area contributed by atoms with Gasteiger partial charge in [0.05, 0.1) is 18.5 Å². The number of H-pyrrole nitrogens is 1. The van der Waals surface area contributed by atoms with Gasteiger partial charge in [-0.2, -0.15) is 10.2 Å². The van der Waals surface area contributed by atoms with Gasteiger partial charge in [0.2, 0.25) is 0 Å². The standard InChI is InChI=1S/C27H29N5O2/c1-2-34-27(33)26-23-19-31(18-22-17-28-29-25(22)21-11-7-4-8-12-21)15-14-24(23)32(30-26)16-13-20-9-5-3-6-10-20/h3-12,17H,2,13-16,18-19H2,1H3,(H,28,29). The van der Waals surface area contributed by atoms with Gasteiger partial charge in [-0.1, -0.05) is 60.7 Å². The molecule has 7 heteroatoms. The van der Waals surface area contributed by atoms with Gasteiger partial charge < -0.3 is 4.74 Å². The van der Waals surface area contributed by atoms with Crippen LogP contribution in [0.4, 0.5) is 0 Å². The van der Waals surface area contributed by atoms with Gasteiger partial charge in [0.15, 0.2) is 5.69 Å². The van der Waals surface area contributed by atoms with E-state index in [-0.39, 0.29) is 5.97 Å². The maximum Gasteiger partial charge on any atom is 0.359 e. The maximum atomic E-state index is 12.7. The Morgan fingerprint density at radius 1 is 1.09 bits per heavy atom. The normalized spacial score (nSPS) is 13.6. The smallest absolute Gasteiger partial charge is 0.359 e. The van der Waals surface area contributed by atoms with E-state index in [1.54, 1.807) is 0 Å². The van der Waals surface area contributed by atoms with Crippen LogP contribution in [0.25, 0.3) is 11.3 Å². The number of rotatable bonds is 8. The molecule has 0 amide bonds. The van der Waals surface area contributed by atoms with Gasteiger partial charge in [0, 0.05) is 49.4 Å². The number of aromatic nitrogens is 4. The molecule has 1 aliphatic heterocycles. The summed E-state index contributed by atoms with van der Waals surface area (Å²) >= 11 is 0. The zero-order valence-corrected chi connectivity index (χ0v) is 19.4. The number of nitrogens with zero attached hydrogens (tertiary/aromatic N) is 4. The van der Waals surface area contributed by atoms with Crippen molar-refractivity contribution in [3.05, 3.63) is 94.9 Å². The molecule has 0 unspecified atom stereocenters. The topological polar surface area (TPSA) is 76.0 Å². The Morgan fingerprint density at radius 3 is 2.62 bits per heavy atom. The minimum atomic E-state index is -0.340. The Morgan fingerprint density at radius 2 is 1.85 bits per heavy atom. The zero-order valence-electron chi connectivity index (χ0n) is 19.4. The zero-order chi connectivity index (χ0) is 23.3. The van der Waals surface area contributed by atoms with Crippen molar-refractivity contribution in [2.45, 2.75) is 39.4 Å². The number of fused-ring (bicyclic) bond motifs is 1. The molecule has 174 valence electrons. The molecule has 3 heterocycles. The van der Waals surface area contributed by atoms with Crippen LogP contribution in [0.1, 0.15) is 39.8 Å². The number of nitrogens with one attached hydrogen (secondary N) is 1. The number of ether oxygens (including phenoxy) is 1. The molecule has 0 radical (unpaired) electrons. The molecule has 0 saturated heterocycles. The number of aryl methyl sites for hydroxylation is 2. The Balaban J connectivity index is 1.37. The molecule has 0 aliphatic carbocycles. The van der Waals surface area contributed by atoms with E-state index in [1.165, 1.54) is 5.56 Å². The molecule has 7 nitrogen and oxygen atoms in total. The highest BCUT2D eigenvalue weighted by molar-refractivity contribution is 5.89. The van der Waals surface area contributed by atoms with E-state index >= 15 is 0 Å². The third-order valence-corrected chi connectivity index (χ3v) is 6.31. The monoisotopic (exact) mass is 455 g/mol. The van der Waals surface area contributed by atoms with Gasteiger partial charge >= 0.3 is 5.97 Å². The van der Waals surface area contributed by atoms with Crippen molar-refractivity contribution in [3.8, 4) is 11.3 Å². The number of benzene rings is 2. The molecule has 1 aliphatic rings. The highest BCUT2D eigenvalue weighted by atomic mass is 16.5. The van der Waals surface area contributed by atoms with Crippen molar-refractivity contribution in [2.24, 2.45) is 0 Å². The first kappa shape index (κ1) is 22.1. The van der Waals surface area contributed by atoms with Crippen molar-refractivity contribution in [1.82, 2.24) is 24.9 Å². The Kier molecular flexibility index (Phi) is 6.53. The van der Waals surface area contributed by atoms with Crippen molar-refractivity contribution in [1.29, 1.82) is 0 Å². The molecule has 0 saturated carbocycles. The third-order valence-electron chi connectivity index (χ3n) is 6.31. The summed E-state index contributed by atoms with van der Waals surface area (Å²) in [6.07, 6.45) is 3.61. The van der Waals surface area contributed by atoms with Gasteiger partial charge in [0.25, 0.3) is 0 Å². The highest BCUT2D eigenvalue weighted by Gasteiger charge is 2.29. The van der Waals surface area contributed by atoms with Crippen LogP contribution < -0.4 is 0 Å². The van der Waals surface area contributed by atoms with Crippen LogP contribution in [0.2, 0.25) is 0 Å². The average Bonchev–Trinajstić information content (AvgIpc) is 3.48. The lowest BCUT2D eigenvalue weighted by Gasteiger charge is -2.27. The number of carbonyl (C=O) groups excluding carboxylic acids is 1. The first-order valence-electron chi connectivity index (χ1n) is 11.8. The SMILES string of the molecule is CCOC(=O)c1nn(CCc2ccccc2)c2c1CN(Cc1cn[nH]c1-c1ccccc1)CC2. The van der Waals surface area contributed by atoms with Crippen molar-refractivity contribution in [3.63, 3.8) is 0 Å². The molecule has 2 aromatic heterocycles. The lowest BCUT2D eigenvalue weighted by atomic mass is 10.0. The van der Waals surface area contributed by atoms with Gasteiger partial charge in [-0.25, -0.2) is 4.79 Å². The molecular formula is C27H29N5O2. The van der Waals surface area contributed by atoms with Crippen LogP contribution in [0, 0.1) is 0 Å². The quantitative estimate of drug-likeness (QED) is 0.402. The van der Waals surface area contributed by atoms with E-state index in [9.17, 15) is 4.79 Å². The number of hydrogen-bond acceptors (Lipinski definition) is 5. The summed E-state index contributed by atoms with van der Waals surface area (Å²) in [7, 11) is 0. The van der Waals surface area contributed by atoms with Crippen LogP contribution in [-0.2, 0) is 37.2 Å². The molecule has 0 fully saturated rings. The molecule has 4 aromatic rings. The van der Waals surface area contributed by atoms with E-state index < -0.39 is 0 Å². The number of esters is 1. The highest BCUT2D eigenvalue weighted by Crippen LogP contribution is 2.27. The predicted octanol–water partition coefficient (Wildman–Crippen LogP) is 4.25. The largest absolute Gasteiger partial charge is 0.461 e. The maximum absolute atomic E-state index is 12.7. The van der Waals surface area contributed by atoms with E-state index in [1.807, 2.05) is 42.1 Å². The number of aromatic amines is 1. The van der Waals surface area contributed by atoms with Crippen LogP contribution in [0.3, 0.4) is 0 Å². The third kappa shape index (κ3) is 4.65. The van der Waals surface area contributed by atoms with E-state index in [0.717, 1.165) is 60.6 Å². The summed E-state index contributed by atoms with van der Waals surface area (Å²) in [6.45, 7) is 5.21. The molecular weight excluding hydrogens is 426 g/mol. The van der Waals surface area contributed by atoms with Crippen molar-refractivity contribution < 1.29 is 9.53 Å². The van der Waals surface area contributed by atoms with Gasteiger partial charge in [-0.3, -0.25) is 14.7 Å². The Hall–Kier alpha value is -3.71. The second-order valence-electron chi connectivity index (χ2n) is 8.55. The molecule has 2 aromatic carbocycles. The number of hydrogen-bond donors (Lipinski definition) is 1. The second kappa shape index (κ2) is 10.1.